The number of hydrogen-bond donors (Lipinski definition) is 4. The molecule has 2 aromatic rings. The predicted octanol–water partition coefficient (Wildman–Crippen LogP) is -2.23. The summed E-state index contributed by atoms with van der Waals surface area (Å²) in [5, 5.41) is 22.5. The molecule has 1 aliphatic heterocycles. The molecule has 0 spiro atoms. The van der Waals surface area contributed by atoms with Crippen LogP contribution in [0.1, 0.15) is 6.23 Å². The molecule has 112 valence electrons. The first-order chi connectivity index (χ1) is 10.1. The maximum Gasteiger partial charge on any atom is 0.207 e. The molecule has 0 radical (unpaired) electrons. The van der Waals surface area contributed by atoms with Gasteiger partial charge in [-0.25, -0.2) is 15.0 Å². The molecular formula is C11H14N6O4. The molecule has 10 nitrogen and oxygen atoms in total. The lowest BCUT2D eigenvalue weighted by atomic mass is 10.1. The first kappa shape index (κ1) is 13.7. The number of amides is 1. The van der Waals surface area contributed by atoms with Gasteiger partial charge in [0.2, 0.25) is 6.41 Å². The molecule has 3 rings (SSSR count). The first-order valence-electron chi connectivity index (χ1n) is 6.25. The van der Waals surface area contributed by atoms with Crippen molar-refractivity contribution in [2.24, 2.45) is 0 Å². The lowest BCUT2D eigenvalue weighted by molar-refractivity contribution is -0.110. The van der Waals surface area contributed by atoms with Gasteiger partial charge in [-0.1, -0.05) is 0 Å². The van der Waals surface area contributed by atoms with Crippen molar-refractivity contribution in [3.8, 4) is 0 Å². The maximum atomic E-state index is 10.3. The van der Waals surface area contributed by atoms with Gasteiger partial charge in [-0.2, -0.15) is 0 Å². The van der Waals surface area contributed by atoms with Crippen LogP contribution >= 0.6 is 0 Å². The fourth-order valence-electron chi connectivity index (χ4n) is 2.35. The summed E-state index contributed by atoms with van der Waals surface area (Å²) < 4.78 is 7.06. The number of anilines is 1. The van der Waals surface area contributed by atoms with E-state index in [9.17, 15) is 15.0 Å². The minimum atomic E-state index is -1.18. The number of nitrogens with two attached hydrogens (primary N) is 1. The number of carbonyl (C=O) groups excluding carboxylic acids is 1. The van der Waals surface area contributed by atoms with Crippen LogP contribution in [0.2, 0.25) is 0 Å². The topological polar surface area (TPSA) is 148 Å². The van der Waals surface area contributed by atoms with Crippen LogP contribution < -0.4 is 11.1 Å². The largest absolute Gasteiger partial charge is 0.387 e. The van der Waals surface area contributed by atoms with Crippen LogP contribution in [-0.2, 0) is 9.53 Å². The molecule has 5 N–H and O–H groups in total. The highest BCUT2D eigenvalue weighted by Gasteiger charge is 2.44. The lowest BCUT2D eigenvalue weighted by Gasteiger charge is -2.16. The van der Waals surface area contributed by atoms with E-state index in [1.165, 1.54) is 17.2 Å². The standard InChI is InChI=1S/C11H14N6O4/c12-9-6-10(15-2-14-9)17(3-16-6)11-8(20)7(19)5(21-11)1-13-4-18/h2-5,7-8,11,19-20H,1H2,(H,13,18)(H2,12,14,15)/t5-,7-,8-,11-/m1/s1. The summed E-state index contributed by atoms with van der Waals surface area (Å²) in [6.45, 7) is 0.0853. The highest BCUT2D eigenvalue weighted by molar-refractivity contribution is 5.81. The van der Waals surface area contributed by atoms with E-state index in [1.807, 2.05) is 0 Å². The third kappa shape index (κ3) is 2.18. The molecule has 0 aliphatic carbocycles. The molecule has 2 aromatic heterocycles. The van der Waals surface area contributed by atoms with E-state index in [-0.39, 0.29) is 12.4 Å². The van der Waals surface area contributed by atoms with Crippen LogP contribution in [0.15, 0.2) is 12.7 Å². The van der Waals surface area contributed by atoms with E-state index in [4.69, 9.17) is 10.5 Å². The summed E-state index contributed by atoms with van der Waals surface area (Å²) >= 11 is 0. The normalized spacial score (nSPS) is 28.9. The van der Waals surface area contributed by atoms with Crippen molar-refractivity contribution in [3.63, 3.8) is 0 Å². The molecule has 1 aliphatic rings. The summed E-state index contributed by atoms with van der Waals surface area (Å²) in [6.07, 6.45) is -0.748. The minimum Gasteiger partial charge on any atom is -0.387 e. The quantitative estimate of drug-likeness (QED) is 0.463. The molecule has 10 heteroatoms. The first-order valence-corrected chi connectivity index (χ1v) is 6.25. The van der Waals surface area contributed by atoms with E-state index in [0.29, 0.717) is 17.6 Å². The van der Waals surface area contributed by atoms with Gasteiger partial charge < -0.3 is 26.0 Å². The molecular weight excluding hydrogens is 280 g/mol. The van der Waals surface area contributed by atoms with Crippen molar-refractivity contribution in [3.05, 3.63) is 12.7 Å². The monoisotopic (exact) mass is 294 g/mol. The number of fused-ring (bicyclic) bond motifs is 1. The number of aliphatic hydroxyl groups is 2. The second-order valence-electron chi connectivity index (χ2n) is 4.66. The Bertz CT molecular complexity index is 661. The minimum absolute atomic E-state index is 0.0853. The lowest BCUT2D eigenvalue weighted by Crippen LogP contribution is -2.37. The highest BCUT2D eigenvalue weighted by atomic mass is 16.6. The highest BCUT2D eigenvalue weighted by Crippen LogP contribution is 2.31. The number of nitrogens with zero attached hydrogens (tertiary/aromatic N) is 4. The van der Waals surface area contributed by atoms with Crippen LogP contribution in [0.4, 0.5) is 5.82 Å². The smallest absolute Gasteiger partial charge is 0.207 e. The van der Waals surface area contributed by atoms with Crippen LogP contribution in [0, 0.1) is 0 Å². The van der Waals surface area contributed by atoms with Crippen molar-refractivity contribution < 1.29 is 19.7 Å². The van der Waals surface area contributed by atoms with E-state index >= 15 is 0 Å². The number of aliphatic hydroxyl groups excluding tert-OH is 2. The molecule has 1 amide bonds. The van der Waals surface area contributed by atoms with E-state index in [1.54, 1.807) is 0 Å². The SMILES string of the molecule is Nc1ncnc2c1ncn2[C@@H]1O[C@H](CNC=O)[C@@H](O)[C@H]1O. The summed E-state index contributed by atoms with van der Waals surface area (Å²) in [5.41, 5.74) is 6.47. The van der Waals surface area contributed by atoms with Crippen molar-refractivity contribution in [2.45, 2.75) is 24.5 Å². The number of rotatable bonds is 4. The second-order valence-corrected chi connectivity index (χ2v) is 4.66. The Labute approximate surface area is 118 Å². The molecule has 4 atom stereocenters. The number of nitrogens with one attached hydrogen (secondary N) is 1. The molecule has 0 saturated carbocycles. The number of nitrogen functional groups attached to an aromatic ring is 1. The van der Waals surface area contributed by atoms with Crippen LogP contribution in [0.5, 0.6) is 0 Å². The van der Waals surface area contributed by atoms with Gasteiger partial charge in [0.1, 0.15) is 30.2 Å². The fourth-order valence-corrected chi connectivity index (χ4v) is 2.35. The number of carbonyl (C=O) groups is 1. The molecule has 0 aromatic carbocycles. The summed E-state index contributed by atoms with van der Waals surface area (Å²) in [7, 11) is 0. The Morgan fingerprint density at radius 1 is 1.38 bits per heavy atom. The molecule has 0 bridgehead atoms. The summed E-state index contributed by atoms with van der Waals surface area (Å²) in [5.74, 6) is 0.214. The second kappa shape index (κ2) is 5.24. The molecule has 21 heavy (non-hydrogen) atoms. The van der Waals surface area contributed by atoms with Crippen molar-refractivity contribution in [2.75, 3.05) is 12.3 Å². The zero-order valence-corrected chi connectivity index (χ0v) is 10.8. The van der Waals surface area contributed by atoms with E-state index < -0.39 is 24.5 Å². The van der Waals surface area contributed by atoms with Gasteiger partial charge in [0.05, 0.1) is 6.33 Å². The van der Waals surface area contributed by atoms with Crippen LogP contribution in [0.25, 0.3) is 11.2 Å². The average Bonchev–Trinajstić information content (AvgIpc) is 3.02. The number of aromatic nitrogens is 4. The number of hydrogen-bond acceptors (Lipinski definition) is 8. The maximum absolute atomic E-state index is 10.3. The van der Waals surface area contributed by atoms with Crippen molar-refractivity contribution in [1.29, 1.82) is 0 Å². The molecule has 0 unspecified atom stereocenters. The van der Waals surface area contributed by atoms with Gasteiger partial charge in [0.25, 0.3) is 0 Å². The Morgan fingerprint density at radius 3 is 2.95 bits per heavy atom. The molecule has 3 heterocycles. The number of imidazole rings is 1. The Hall–Kier alpha value is -2.30. The third-order valence-electron chi connectivity index (χ3n) is 3.40. The van der Waals surface area contributed by atoms with Crippen molar-refractivity contribution >= 4 is 23.4 Å². The van der Waals surface area contributed by atoms with Gasteiger partial charge in [0.15, 0.2) is 17.7 Å². The Kier molecular flexibility index (Phi) is 3.41. The van der Waals surface area contributed by atoms with Crippen LogP contribution in [0.3, 0.4) is 0 Å². The van der Waals surface area contributed by atoms with Gasteiger partial charge in [-0.15, -0.1) is 0 Å². The van der Waals surface area contributed by atoms with Gasteiger partial charge >= 0.3 is 0 Å². The Morgan fingerprint density at radius 2 is 2.19 bits per heavy atom. The number of ether oxygens (including phenoxy) is 1. The average molecular weight is 294 g/mol. The fraction of sp³-hybridized carbons (Fsp3) is 0.455. The molecule has 1 fully saturated rings. The zero-order chi connectivity index (χ0) is 15.0. The van der Waals surface area contributed by atoms with E-state index in [0.717, 1.165) is 0 Å². The van der Waals surface area contributed by atoms with E-state index in [2.05, 4.69) is 20.3 Å². The summed E-state index contributed by atoms with van der Waals surface area (Å²) in [6, 6.07) is 0. The van der Waals surface area contributed by atoms with Crippen molar-refractivity contribution in [1.82, 2.24) is 24.8 Å². The van der Waals surface area contributed by atoms with Gasteiger partial charge in [0, 0.05) is 6.54 Å². The van der Waals surface area contributed by atoms with Crippen LogP contribution in [-0.4, -0.2) is 61.0 Å². The predicted molar refractivity (Wildman–Crippen MR) is 69.7 cm³/mol. The van der Waals surface area contributed by atoms with Gasteiger partial charge in [-0.3, -0.25) is 9.36 Å². The molecule has 1 saturated heterocycles. The zero-order valence-electron chi connectivity index (χ0n) is 10.8. The third-order valence-corrected chi connectivity index (χ3v) is 3.40. The Balaban J connectivity index is 1.92. The van der Waals surface area contributed by atoms with Gasteiger partial charge in [-0.05, 0) is 0 Å². The summed E-state index contributed by atoms with van der Waals surface area (Å²) in [4.78, 5) is 22.3.